The minimum absolute atomic E-state index is 0.165. The molecular formula is C19H25N3O2. The SMILES string of the molecule is C[C@@H]1CN(C)[C@H](C)C[C@@H]1Nc1cccc(NC(=O)c2ccoc2)c1. The van der Waals surface area contributed by atoms with Crippen molar-refractivity contribution in [1.82, 2.24) is 4.90 Å². The van der Waals surface area contributed by atoms with E-state index in [1.807, 2.05) is 24.3 Å². The maximum absolute atomic E-state index is 12.1. The second-order valence-corrected chi connectivity index (χ2v) is 6.80. The number of benzene rings is 1. The number of likely N-dealkylation sites (tertiary alicyclic amines) is 1. The Morgan fingerprint density at radius 1 is 1.25 bits per heavy atom. The van der Waals surface area contributed by atoms with E-state index in [9.17, 15) is 4.79 Å². The van der Waals surface area contributed by atoms with Crippen LogP contribution in [0.2, 0.25) is 0 Å². The van der Waals surface area contributed by atoms with Crippen molar-refractivity contribution in [3.63, 3.8) is 0 Å². The molecule has 3 rings (SSSR count). The zero-order chi connectivity index (χ0) is 17.1. The summed E-state index contributed by atoms with van der Waals surface area (Å²) in [6.07, 6.45) is 4.05. The number of amides is 1. The third-order valence-corrected chi connectivity index (χ3v) is 4.87. The molecule has 5 nitrogen and oxygen atoms in total. The molecular weight excluding hydrogens is 302 g/mol. The molecule has 2 heterocycles. The van der Waals surface area contributed by atoms with E-state index >= 15 is 0 Å². The van der Waals surface area contributed by atoms with E-state index in [4.69, 9.17) is 4.42 Å². The molecule has 1 saturated heterocycles. The fourth-order valence-corrected chi connectivity index (χ4v) is 3.24. The van der Waals surface area contributed by atoms with Crippen LogP contribution < -0.4 is 10.6 Å². The first-order chi connectivity index (χ1) is 11.5. The van der Waals surface area contributed by atoms with E-state index in [-0.39, 0.29) is 5.91 Å². The van der Waals surface area contributed by atoms with Crippen LogP contribution in [0.1, 0.15) is 30.6 Å². The van der Waals surface area contributed by atoms with Crippen LogP contribution in [-0.4, -0.2) is 36.5 Å². The van der Waals surface area contributed by atoms with Crippen molar-refractivity contribution in [2.45, 2.75) is 32.4 Å². The maximum atomic E-state index is 12.1. The fraction of sp³-hybridized carbons (Fsp3) is 0.421. The summed E-state index contributed by atoms with van der Waals surface area (Å²) >= 11 is 0. The first-order valence-electron chi connectivity index (χ1n) is 8.43. The summed E-state index contributed by atoms with van der Waals surface area (Å²) in [6.45, 7) is 5.64. The molecule has 0 saturated carbocycles. The van der Waals surface area contributed by atoms with Crippen LogP contribution in [0, 0.1) is 5.92 Å². The normalized spacial score (nSPS) is 24.5. The van der Waals surface area contributed by atoms with Crippen LogP contribution in [0.5, 0.6) is 0 Å². The van der Waals surface area contributed by atoms with Gasteiger partial charge in [0, 0.05) is 30.0 Å². The Morgan fingerprint density at radius 2 is 2.04 bits per heavy atom. The highest BCUT2D eigenvalue weighted by Crippen LogP contribution is 2.25. The molecule has 1 aliphatic heterocycles. The van der Waals surface area contributed by atoms with Gasteiger partial charge in [-0.05, 0) is 50.6 Å². The van der Waals surface area contributed by atoms with Gasteiger partial charge in [0.2, 0.25) is 0 Å². The molecule has 24 heavy (non-hydrogen) atoms. The van der Waals surface area contributed by atoms with Gasteiger partial charge in [-0.3, -0.25) is 4.79 Å². The van der Waals surface area contributed by atoms with Crippen molar-refractivity contribution in [1.29, 1.82) is 0 Å². The molecule has 1 aromatic carbocycles. The summed E-state index contributed by atoms with van der Waals surface area (Å²) in [7, 11) is 2.18. The molecule has 3 atom stereocenters. The molecule has 2 aromatic rings. The van der Waals surface area contributed by atoms with E-state index in [1.54, 1.807) is 6.07 Å². The molecule has 5 heteroatoms. The topological polar surface area (TPSA) is 57.5 Å². The lowest BCUT2D eigenvalue weighted by molar-refractivity contribution is 0.102. The number of carbonyl (C=O) groups is 1. The van der Waals surface area contributed by atoms with E-state index < -0.39 is 0 Å². The Hall–Kier alpha value is -2.27. The molecule has 0 bridgehead atoms. The Bertz CT molecular complexity index is 684. The van der Waals surface area contributed by atoms with Gasteiger partial charge in [-0.2, -0.15) is 0 Å². The number of piperidine rings is 1. The molecule has 0 aliphatic carbocycles. The largest absolute Gasteiger partial charge is 0.472 e. The number of hydrogen-bond acceptors (Lipinski definition) is 4. The minimum atomic E-state index is -0.165. The molecule has 1 aliphatic rings. The van der Waals surface area contributed by atoms with Crippen LogP contribution in [0.15, 0.2) is 47.3 Å². The summed E-state index contributed by atoms with van der Waals surface area (Å²) in [6, 6.07) is 10.5. The summed E-state index contributed by atoms with van der Waals surface area (Å²) in [5.41, 5.74) is 2.33. The zero-order valence-corrected chi connectivity index (χ0v) is 14.5. The molecule has 1 amide bonds. The van der Waals surface area contributed by atoms with Gasteiger partial charge in [-0.25, -0.2) is 0 Å². The quantitative estimate of drug-likeness (QED) is 0.899. The summed E-state index contributed by atoms with van der Waals surface area (Å²) < 4.78 is 4.95. The highest BCUT2D eigenvalue weighted by Gasteiger charge is 2.28. The molecule has 0 unspecified atom stereocenters. The van der Waals surface area contributed by atoms with Crippen molar-refractivity contribution in [2.24, 2.45) is 5.92 Å². The van der Waals surface area contributed by atoms with Crippen molar-refractivity contribution in [2.75, 3.05) is 24.2 Å². The Balaban J connectivity index is 1.66. The van der Waals surface area contributed by atoms with Gasteiger partial charge in [0.05, 0.1) is 11.8 Å². The van der Waals surface area contributed by atoms with Gasteiger partial charge in [0.25, 0.3) is 5.91 Å². The van der Waals surface area contributed by atoms with Crippen LogP contribution in [0.25, 0.3) is 0 Å². The number of carbonyl (C=O) groups excluding carboxylic acids is 1. The predicted molar refractivity (Wildman–Crippen MR) is 96.4 cm³/mol. The fourth-order valence-electron chi connectivity index (χ4n) is 3.24. The lowest BCUT2D eigenvalue weighted by atomic mass is 9.89. The smallest absolute Gasteiger partial charge is 0.258 e. The summed E-state index contributed by atoms with van der Waals surface area (Å²) in [5, 5.41) is 6.54. The second kappa shape index (κ2) is 7.09. The first-order valence-corrected chi connectivity index (χ1v) is 8.43. The van der Waals surface area contributed by atoms with Crippen molar-refractivity contribution in [3.8, 4) is 0 Å². The number of furan rings is 1. The second-order valence-electron chi connectivity index (χ2n) is 6.80. The van der Waals surface area contributed by atoms with Gasteiger partial charge < -0.3 is 20.0 Å². The van der Waals surface area contributed by atoms with E-state index in [2.05, 4.69) is 36.4 Å². The highest BCUT2D eigenvalue weighted by atomic mass is 16.3. The van der Waals surface area contributed by atoms with Crippen molar-refractivity contribution >= 4 is 17.3 Å². The standard InChI is InChI=1S/C19H25N3O2/c1-13-11-22(3)14(2)9-18(13)20-16-5-4-6-17(10-16)21-19(23)15-7-8-24-12-15/h4-8,10,12-14,18,20H,9,11H2,1-3H3,(H,21,23)/t13-,14-,18+/m1/s1. The van der Waals surface area contributed by atoms with E-state index in [0.717, 1.165) is 24.3 Å². The van der Waals surface area contributed by atoms with Crippen LogP contribution in [0.4, 0.5) is 11.4 Å². The average molecular weight is 327 g/mol. The van der Waals surface area contributed by atoms with Crippen molar-refractivity contribution < 1.29 is 9.21 Å². The molecule has 0 radical (unpaired) electrons. The molecule has 128 valence electrons. The number of anilines is 2. The predicted octanol–water partition coefficient (Wildman–Crippen LogP) is 3.67. The van der Waals surface area contributed by atoms with Crippen LogP contribution in [0.3, 0.4) is 0 Å². The summed E-state index contributed by atoms with van der Waals surface area (Å²) in [4.78, 5) is 14.5. The minimum Gasteiger partial charge on any atom is -0.472 e. The van der Waals surface area contributed by atoms with Crippen LogP contribution in [-0.2, 0) is 0 Å². The number of nitrogens with one attached hydrogen (secondary N) is 2. The number of hydrogen-bond donors (Lipinski definition) is 2. The van der Waals surface area contributed by atoms with E-state index in [0.29, 0.717) is 23.6 Å². The monoisotopic (exact) mass is 327 g/mol. The maximum Gasteiger partial charge on any atom is 0.258 e. The molecule has 0 spiro atoms. The molecule has 2 N–H and O–H groups in total. The lowest BCUT2D eigenvalue weighted by Gasteiger charge is -2.40. The Labute approximate surface area is 143 Å². The number of nitrogens with zero attached hydrogens (tertiary/aromatic N) is 1. The van der Waals surface area contributed by atoms with Gasteiger partial charge in [-0.1, -0.05) is 13.0 Å². The van der Waals surface area contributed by atoms with Gasteiger partial charge in [0.1, 0.15) is 6.26 Å². The van der Waals surface area contributed by atoms with Crippen molar-refractivity contribution in [3.05, 3.63) is 48.4 Å². The van der Waals surface area contributed by atoms with Gasteiger partial charge in [-0.15, -0.1) is 0 Å². The number of rotatable bonds is 4. The Morgan fingerprint density at radius 3 is 2.79 bits per heavy atom. The van der Waals surface area contributed by atoms with Crippen LogP contribution >= 0.6 is 0 Å². The third-order valence-electron chi connectivity index (χ3n) is 4.87. The van der Waals surface area contributed by atoms with E-state index in [1.165, 1.54) is 12.5 Å². The average Bonchev–Trinajstić information content (AvgIpc) is 3.07. The van der Waals surface area contributed by atoms with Gasteiger partial charge >= 0.3 is 0 Å². The molecule has 1 aromatic heterocycles. The third kappa shape index (κ3) is 3.79. The van der Waals surface area contributed by atoms with Gasteiger partial charge in [0.15, 0.2) is 0 Å². The first kappa shape index (κ1) is 16.6. The summed E-state index contributed by atoms with van der Waals surface area (Å²) in [5.74, 6) is 0.414. The highest BCUT2D eigenvalue weighted by molar-refractivity contribution is 6.04. The lowest BCUT2D eigenvalue weighted by Crippen LogP contribution is -2.48. The Kier molecular flexibility index (Phi) is 4.90. The zero-order valence-electron chi connectivity index (χ0n) is 14.5. The molecule has 1 fully saturated rings.